The minimum atomic E-state index is -3.50. The van der Waals surface area contributed by atoms with Crippen molar-refractivity contribution in [1.82, 2.24) is 14.1 Å². The molecule has 0 spiro atoms. The highest BCUT2D eigenvalue weighted by molar-refractivity contribution is 7.89. The first-order chi connectivity index (χ1) is 11.4. The third kappa shape index (κ3) is 2.87. The lowest BCUT2D eigenvalue weighted by Gasteiger charge is -2.35. The monoisotopic (exact) mass is 350 g/mol. The van der Waals surface area contributed by atoms with Crippen LogP contribution in [0.4, 0.5) is 5.69 Å². The number of aromatic nitrogens is 2. The van der Waals surface area contributed by atoms with Gasteiger partial charge in [-0.2, -0.15) is 9.40 Å². The summed E-state index contributed by atoms with van der Waals surface area (Å²) in [6.07, 6.45) is 1.43. The summed E-state index contributed by atoms with van der Waals surface area (Å²) in [5.74, 6) is 0.803. The first-order valence-corrected chi connectivity index (χ1v) is 9.26. The second-order valence-corrected chi connectivity index (χ2v) is 7.69. The van der Waals surface area contributed by atoms with Gasteiger partial charge >= 0.3 is 0 Å². The molecule has 0 atom stereocenters. The molecule has 0 saturated carbocycles. The number of ether oxygens (including phenoxy) is 1. The van der Waals surface area contributed by atoms with Gasteiger partial charge in [0.2, 0.25) is 10.0 Å². The van der Waals surface area contributed by atoms with Crippen molar-refractivity contribution in [2.45, 2.75) is 11.8 Å². The minimum absolute atomic E-state index is 0.288. The molecule has 0 unspecified atom stereocenters. The Bertz CT molecular complexity index is 824. The van der Waals surface area contributed by atoms with Gasteiger partial charge < -0.3 is 9.64 Å². The number of hydrogen-bond acceptors (Lipinski definition) is 5. The van der Waals surface area contributed by atoms with E-state index < -0.39 is 10.0 Å². The molecular formula is C16H22N4O3S. The highest BCUT2D eigenvalue weighted by Gasteiger charge is 2.31. The van der Waals surface area contributed by atoms with E-state index in [4.69, 9.17) is 4.74 Å². The van der Waals surface area contributed by atoms with Crippen LogP contribution >= 0.6 is 0 Å². The van der Waals surface area contributed by atoms with Crippen LogP contribution in [0.3, 0.4) is 0 Å². The van der Waals surface area contributed by atoms with E-state index in [1.54, 1.807) is 25.8 Å². The molecule has 2 aromatic rings. The SMILES string of the molecule is COc1ccccc1N1CCN(S(=O)(=O)c2cnn(C)c2C)CC1. The Hall–Kier alpha value is -2.06. The topological polar surface area (TPSA) is 67.7 Å². The number of para-hydroxylation sites is 2. The molecule has 2 heterocycles. The van der Waals surface area contributed by atoms with Gasteiger partial charge in [0.1, 0.15) is 10.6 Å². The van der Waals surface area contributed by atoms with Gasteiger partial charge in [-0.25, -0.2) is 8.42 Å². The van der Waals surface area contributed by atoms with Crippen LogP contribution in [0.25, 0.3) is 0 Å². The second kappa shape index (κ2) is 6.45. The van der Waals surface area contributed by atoms with Crippen LogP contribution in [0.2, 0.25) is 0 Å². The van der Waals surface area contributed by atoms with Crippen molar-refractivity contribution in [3.63, 3.8) is 0 Å². The molecule has 24 heavy (non-hydrogen) atoms. The lowest BCUT2D eigenvalue weighted by molar-refractivity contribution is 0.378. The largest absolute Gasteiger partial charge is 0.495 e. The van der Waals surface area contributed by atoms with E-state index in [2.05, 4.69) is 10.00 Å². The van der Waals surface area contributed by atoms with Crippen LogP contribution in [-0.4, -0.2) is 55.8 Å². The molecular weight excluding hydrogens is 328 g/mol. The molecule has 0 radical (unpaired) electrons. The van der Waals surface area contributed by atoms with E-state index in [9.17, 15) is 8.42 Å². The average molecular weight is 350 g/mol. The zero-order chi connectivity index (χ0) is 17.3. The standard InChI is InChI=1S/C16H22N4O3S/c1-13-16(12-17-18(13)2)24(21,22)20-10-8-19(9-11-20)14-6-4-5-7-15(14)23-3/h4-7,12H,8-11H2,1-3H3. The fraction of sp³-hybridized carbons (Fsp3) is 0.438. The Labute approximate surface area is 142 Å². The first-order valence-electron chi connectivity index (χ1n) is 7.82. The molecule has 1 aliphatic rings. The summed E-state index contributed by atoms with van der Waals surface area (Å²) >= 11 is 0. The fourth-order valence-electron chi connectivity index (χ4n) is 2.93. The van der Waals surface area contributed by atoms with E-state index in [1.807, 2.05) is 24.3 Å². The van der Waals surface area contributed by atoms with Crippen molar-refractivity contribution in [3.8, 4) is 5.75 Å². The quantitative estimate of drug-likeness (QED) is 0.830. The Morgan fingerprint density at radius 2 is 1.79 bits per heavy atom. The van der Waals surface area contributed by atoms with Crippen LogP contribution < -0.4 is 9.64 Å². The van der Waals surface area contributed by atoms with Crippen molar-refractivity contribution >= 4 is 15.7 Å². The molecule has 1 saturated heterocycles. The Morgan fingerprint density at radius 1 is 1.12 bits per heavy atom. The summed E-state index contributed by atoms with van der Waals surface area (Å²) in [6, 6.07) is 7.79. The maximum Gasteiger partial charge on any atom is 0.246 e. The van der Waals surface area contributed by atoms with E-state index in [-0.39, 0.29) is 4.90 Å². The molecule has 1 aromatic carbocycles. The van der Waals surface area contributed by atoms with Gasteiger partial charge in [0.05, 0.1) is 24.7 Å². The van der Waals surface area contributed by atoms with Crippen LogP contribution in [0.1, 0.15) is 5.69 Å². The molecule has 1 aromatic heterocycles. The number of benzene rings is 1. The number of nitrogens with zero attached hydrogens (tertiary/aromatic N) is 4. The van der Waals surface area contributed by atoms with E-state index in [0.29, 0.717) is 31.9 Å². The second-order valence-electron chi connectivity index (χ2n) is 5.78. The Kier molecular flexibility index (Phi) is 4.51. The van der Waals surface area contributed by atoms with Gasteiger partial charge in [-0.3, -0.25) is 4.68 Å². The summed E-state index contributed by atoms with van der Waals surface area (Å²) in [5.41, 5.74) is 1.65. The van der Waals surface area contributed by atoms with Gasteiger partial charge in [0, 0.05) is 33.2 Å². The molecule has 3 rings (SSSR count). The molecule has 8 heteroatoms. The maximum absolute atomic E-state index is 12.8. The molecule has 0 N–H and O–H groups in total. The highest BCUT2D eigenvalue weighted by atomic mass is 32.2. The smallest absolute Gasteiger partial charge is 0.246 e. The Balaban J connectivity index is 1.76. The van der Waals surface area contributed by atoms with E-state index in [0.717, 1.165) is 11.4 Å². The lowest BCUT2D eigenvalue weighted by Crippen LogP contribution is -2.48. The molecule has 7 nitrogen and oxygen atoms in total. The van der Waals surface area contributed by atoms with Gasteiger partial charge in [-0.05, 0) is 19.1 Å². The van der Waals surface area contributed by atoms with Crippen LogP contribution in [0, 0.1) is 6.92 Å². The molecule has 0 amide bonds. The predicted molar refractivity (Wildman–Crippen MR) is 91.9 cm³/mol. The molecule has 1 aliphatic heterocycles. The number of hydrogen-bond donors (Lipinski definition) is 0. The summed E-state index contributed by atoms with van der Waals surface area (Å²) in [4.78, 5) is 2.44. The summed E-state index contributed by atoms with van der Waals surface area (Å²) in [5, 5.41) is 4.05. The third-order valence-electron chi connectivity index (χ3n) is 4.47. The van der Waals surface area contributed by atoms with Crippen LogP contribution in [0.5, 0.6) is 5.75 Å². The highest BCUT2D eigenvalue weighted by Crippen LogP contribution is 2.29. The Morgan fingerprint density at radius 3 is 2.38 bits per heavy atom. The molecule has 0 aliphatic carbocycles. The van der Waals surface area contributed by atoms with Crippen molar-refractivity contribution in [2.75, 3.05) is 38.2 Å². The van der Waals surface area contributed by atoms with E-state index in [1.165, 1.54) is 10.5 Å². The van der Waals surface area contributed by atoms with Crippen molar-refractivity contribution in [2.24, 2.45) is 7.05 Å². The van der Waals surface area contributed by atoms with E-state index >= 15 is 0 Å². The molecule has 0 bridgehead atoms. The third-order valence-corrected chi connectivity index (χ3v) is 6.47. The molecule has 130 valence electrons. The molecule has 1 fully saturated rings. The lowest BCUT2D eigenvalue weighted by atomic mass is 10.2. The summed E-state index contributed by atoms with van der Waals surface area (Å²) in [6.45, 7) is 3.90. The fourth-order valence-corrected chi connectivity index (χ4v) is 4.54. The number of piperazine rings is 1. The van der Waals surface area contributed by atoms with Gasteiger partial charge in [-0.1, -0.05) is 12.1 Å². The number of rotatable bonds is 4. The number of sulfonamides is 1. The average Bonchev–Trinajstić information content (AvgIpc) is 2.95. The zero-order valence-electron chi connectivity index (χ0n) is 14.1. The van der Waals surface area contributed by atoms with Crippen LogP contribution in [-0.2, 0) is 17.1 Å². The van der Waals surface area contributed by atoms with Gasteiger partial charge in [0.15, 0.2) is 0 Å². The van der Waals surface area contributed by atoms with Gasteiger partial charge in [0.25, 0.3) is 0 Å². The number of methoxy groups -OCH3 is 1. The number of aryl methyl sites for hydroxylation is 1. The van der Waals surface area contributed by atoms with Gasteiger partial charge in [-0.15, -0.1) is 0 Å². The normalized spacial score (nSPS) is 16.4. The predicted octanol–water partition coefficient (Wildman–Crippen LogP) is 1.25. The maximum atomic E-state index is 12.8. The van der Waals surface area contributed by atoms with Crippen molar-refractivity contribution in [1.29, 1.82) is 0 Å². The minimum Gasteiger partial charge on any atom is -0.495 e. The van der Waals surface area contributed by atoms with Crippen molar-refractivity contribution in [3.05, 3.63) is 36.2 Å². The summed E-state index contributed by atoms with van der Waals surface area (Å²) in [7, 11) is -0.113. The zero-order valence-corrected chi connectivity index (χ0v) is 15.0. The van der Waals surface area contributed by atoms with Crippen LogP contribution in [0.15, 0.2) is 35.4 Å². The number of anilines is 1. The first kappa shape index (κ1) is 16.8. The van der Waals surface area contributed by atoms with Crippen molar-refractivity contribution < 1.29 is 13.2 Å². The summed E-state index contributed by atoms with van der Waals surface area (Å²) < 4.78 is 34.1.